The molecule has 0 aliphatic carbocycles. The zero-order chi connectivity index (χ0) is 29.7. The van der Waals surface area contributed by atoms with Crippen molar-refractivity contribution in [3.8, 4) is 0 Å². The molecule has 0 bridgehead atoms. The molecule has 1 rings (SSSR count). The van der Waals surface area contributed by atoms with Crippen LogP contribution < -0.4 is 21.7 Å². The summed E-state index contributed by atoms with van der Waals surface area (Å²) in [6.45, 7) is 4.62. The van der Waals surface area contributed by atoms with Crippen LogP contribution in [0.4, 0.5) is 0 Å². The van der Waals surface area contributed by atoms with Crippen molar-refractivity contribution in [2.24, 2.45) is 11.7 Å². The second-order valence-electron chi connectivity index (χ2n) is 9.88. The standard InChI is InChI=1S/C26H42N4O9.ClH/c1-4-8-16(27)24(37)29-18(11-14(2)3)25(38)30-19(13-31)21(34)22(35)23(36)26(39)28-17(12-20(32)33)15-9-6-5-7-10-15;/h5-7,9-10,14,16-19,21-23,31,34-36H,4,8,11-13,27H2,1-3H3,(H,28,39)(H,29,37)(H,30,38)(H,32,33);1H/t16-,17-,18-,19-,21+,22+,23-;/m0./s1. The number of amides is 3. The molecular formula is C26H43ClN4O9. The SMILES string of the molecule is CCC[C@H](N)C(=O)N[C@@H](CC(C)C)C(=O)N[C@@H](CO)[C@@H](O)[C@@H](O)[C@H](O)C(=O)N[C@@H](CC(=O)O)c1ccccc1.Cl. The van der Waals surface area contributed by atoms with Crippen molar-refractivity contribution in [2.75, 3.05) is 6.61 Å². The number of carboxylic acids is 1. The third-order valence-corrected chi connectivity index (χ3v) is 6.05. The van der Waals surface area contributed by atoms with E-state index in [1.165, 1.54) is 0 Å². The van der Waals surface area contributed by atoms with E-state index in [0.717, 1.165) is 0 Å². The highest BCUT2D eigenvalue weighted by molar-refractivity contribution is 5.90. The van der Waals surface area contributed by atoms with E-state index in [1.807, 2.05) is 20.8 Å². The molecule has 0 radical (unpaired) electrons. The van der Waals surface area contributed by atoms with Gasteiger partial charge in [-0.2, -0.15) is 0 Å². The molecular weight excluding hydrogens is 548 g/mol. The van der Waals surface area contributed by atoms with Crippen LogP contribution in [0, 0.1) is 5.92 Å². The first kappa shape index (κ1) is 37.2. The first-order valence-corrected chi connectivity index (χ1v) is 12.9. The Morgan fingerprint density at radius 2 is 1.50 bits per heavy atom. The number of aliphatic hydroxyl groups is 4. The van der Waals surface area contributed by atoms with E-state index < -0.39 is 79.2 Å². The molecule has 13 nitrogen and oxygen atoms in total. The average molecular weight is 591 g/mol. The van der Waals surface area contributed by atoms with Crippen LogP contribution in [0.15, 0.2) is 30.3 Å². The van der Waals surface area contributed by atoms with E-state index in [4.69, 9.17) is 5.73 Å². The summed E-state index contributed by atoms with van der Waals surface area (Å²) in [5.74, 6) is -3.73. The molecule has 0 aliphatic rings. The number of nitrogens with two attached hydrogens (primary N) is 1. The molecule has 1 aromatic rings. The summed E-state index contributed by atoms with van der Waals surface area (Å²) in [5.41, 5.74) is 6.26. The van der Waals surface area contributed by atoms with E-state index in [-0.39, 0.29) is 24.7 Å². The maximum absolute atomic E-state index is 12.9. The third-order valence-electron chi connectivity index (χ3n) is 6.05. The molecule has 0 heterocycles. The Bertz CT molecular complexity index is 938. The van der Waals surface area contributed by atoms with Crippen LogP contribution in [0.2, 0.25) is 0 Å². The molecule has 0 aromatic heterocycles. The third kappa shape index (κ3) is 12.1. The van der Waals surface area contributed by atoms with E-state index in [9.17, 15) is 44.7 Å². The Balaban J connectivity index is 0.0000152. The van der Waals surface area contributed by atoms with Gasteiger partial charge in [0, 0.05) is 0 Å². The summed E-state index contributed by atoms with van der Waals surface area (Å²) in [7, 11) is 0. The molecule has 3 amide bonds. The fourth-order valence-electron chi connectivity index (χ4n) is 3.90. The summed E-state index contributed by atoms with van der Waals surface area (Å²) in [6, 6.07) is 3.66. The Labute approximate surface area is 239 Å². The number of hydrogen-bond acceptors (Lipinski definition) is 9. The van der Waals surface area contributed by atoms with Crippen LogP contribution in [0.3, 0.4) is 0 Å². The maximum Gasteiger partial charge on any atom is 0.305 e. The maximum atomic E-state index is 12.9. The molecule has 0 spiro atoms. The number of carbonyl (C=O) groups excluding carboxylic acids is 3. The number of carbonyl (C=O) groups is 4. The topological polar surface area (TPSA) is 232 Å². The predicted octanol–water partition coefficient (Wildman–Crippen LogP) is -1.04. The average Bonchev–Trinajstić information content (AvgIpc) is 2.89. The van der Waals surface area contributed by atoms with E-state index in [1.54, 1.807) is 30.3 Å². The van der Waals surface area contributed by atoms with Gasteiger partial charge in [0.15, 0.2) is 6.10 Å². The highest BCUT2D eigenvalue weighted by Gasteiger charge is 2.37. The smallest absolute Gasteiger partial charge is 0.305 e. The number of hydrogen-bond donors (Lipinski definition) is 9. The fraction of sp³-hybridized carbons (Fsp3) is 0.615. The zero-order valence-corrected chi connectivity index (χ0v) is 23.7. The van der Waals surface area contributed by atoms with Gasteiger partial charge in [0.25, 0.3) is 5.91 Å². The molecule has 7 atom stereocenters. The van der Waals surface area contributed by atoms with Gasteiger partial charge in [-0.15, -0.1) is 12.4 Å². The molecule has 14 heteroatoms. The van der Waals surface area contributed by atoms with Crippen molar-refractivity contribution < 1.29 is 44.7 Å². The Kier molecular flexibility index (Phi) is 17.2. The van der Waals surface area contributed by atoms with E-state index >= 15 is 0 Å². The monoisotopic (exact) mass is 590 g/mol. The number of benzene rings is 1. The minimum absolute atomic E-state index is 0. The highest BCUT2D eigenvalue weighted by Crippen LogP contribution is 2.18. The number of carboxylic acid groups (broad SMARTS) is 1. The molecule has 1 aromatic carbocycles. The van der Waals surface area contributed by atoms with Gasteiger partial charge in [0.1, 0.15) is 18.2 Å². The van der Waals surface area contributed by atoms with Crippen LogP contribution in [-0.2, 0) is 19.2 Å². The lowest BCUT2D eigenvalue weighted by Crippen LogP contribution is -2.60. The zero-order valence-electron chi connectivity index (χ0n) is 22.9. The van der Waals surface area contributed by atoms with Crippen LogP contribution >= 0.6 is 12.4 Å². The van der Waals surface area contributed by atoms with Crippen molar-refractivity contribution in [2.45, 2.75) is 88.9 Å². The normalized spacial score (nSPS) is 16.3. The predicted molar refractivity (Wildman–Crippen MR) is 148 cm³/mol. The second-order valence-corrected chi connectivity index (χ2v) is 9.88. The molecule has 0 saturated carbocycles. The highest BCUT2D eigenvalue weighted by atomic mass is 35.5. The minimum Gasteiger partial charge on any atom is -0.481 e. The van der Waals surface area contributed by atoms with E-state index in [2.05, 4.69) is 16.0 Å². The minimum atomic E-state index is -2.23. The van der Waals surface area contributed by atoms with Crippen molar-refractivity contribution in [3.63, 3.8) is 0 Å². The Morgan fingerprint density at radius 1 is 0.900 bits per heavy atom. The van der Waals surface area contributed by atoms with Gasteiger partial charge < -0.3 is 47.2 Å². The van der Waals surface area contributed by atoms with Gasteiger partial charge in [-0.05, 0) is 24.3 Å². The summed E-state index contributed by atoms with van der Waals surface area (Å²) in [4.78, 5) is 49.2. The fourth-order valence-corrected chi connectivity index (χ4v) is 3.90. The van der Waals surface area contributed by atoms with Gasteiger partial charge in [-0.25, -0.2) is 0 Å². The van der Waals surface area contributed by atoms with Gasteiger partial charge in [-0.1, -0.05) is 57.5 Å². The van der Waals surface area contributed by atoms with Crippen molar-refractivity contribution in [1.29, 1.82) is 0 Å². The molecule has 0 saturated heterocycles. The summed E-state index contributed by atoms with van der Waals surface area (Å²) < 4.78 is 0. The van der Waals surface area contributed by atoms with Crippen molar-refractivity contribution in [1.82, 2.24) is 16.0 Å². The molecule has 228 valence electrons. The van der Waals surface area contributed by atoms with E-state index in [0.29, 0.717) is 18.4 Å². The molecule has 0 aliphatic heterocycles. The second kappa shape index (κ2) is 18.5. The number of halogens is 1. The van der Waals surface area contributed by atoms with Crippen LogP contribution in [-0.4, -0.2) is 92.3 Å². The van der Waals surface area contributed by atoms with Crippen LogP contribution in [0.25, 0.3) is 0 Å². The molecule has 10 N–H and O–H groups in total. The first-order valence-electron chi connectivity index (χ1n) is 12.9. The van der Waals surface area contributed by atoms with Crippen LogP contribution in [0.5, 0.6) is 0 Å². The molecule has 40 heavy (non-hydrogen) atoms. The number of rotatable bonds is 17. The Morgan fingerprint density at radius 3 is 2.00 bits per heavy atom. The van der Waals surface area contributed by atoms with Gasteiger partial charge in [0.2, 0.25) is 11.8 Å². The lowest BCUT2D eigenvalue weighted by atomic mass is 9.98. The van der Waals surface area contributed by atoms with Gasteiger partial charge in [0.05, 0.1) is 31.2 Å². The van der Waals surface area contributed by atoms with Crippen molar-refractivity contribution in [3.05, 3.63) is 35.9 Å². The summed E-state index contributed by atoms with van der Waals surface area (Å²) in [5, 5.41) is 57.6. The number of aliphatic hydroxyl groups excluding tert-OH is 4. The largest absolute Gasteiger partial charge is 0.481 e. The number of nitrogens with one attached hydrogen (secondary N) is 3. The Hall–Kier alpha value is -2.81. The summed E-state index contributed by atoms with van der Waals surface area (Å²) >= 11 is 0. The molecule has 0 unspecified atom stereocenters. The first-order chi connectivity index (χ1) is 18.3. The quantitative estimate of drug-likeness (QED) is 0.107. The lowest BCUT2D eigenvalue weighted by Gasteiger charge is -2.31. The summed E-state index contributed by atoms with van der Waals surface area (Å²) in [6.07, 6.45) is -5.64. The van der Waals surface area contributed by atoms with Gasteiger partial charge >= 0.3 is 5.97 Å². The number of aliphatic carboxylic acids is 1. The lowest BCUT2D eigenvalue weighted by molar-refractivity contribution is -0.145. The molecule has 0 fully saturated rings. The van der Waals surface area contributed by atoms with Crippen molar-refractivity contribution >= 4 is 36.1 Å². The van der Waals surface area contributed by atoms with Gasteiger partial charge in [-0.3, -0.25) is 19.2 Å². The van der Waals surface area contributed by atoms with Crippen LogP contribution in [0.1, 0.15) is 58.1 Å².